The van der Waals surface area contributed by atoms with Gasteiger partial charge in [-0.25, -0.2) is 4.39 Å². The van der Waals surface area contributed by atoms with Crippen molar-refractivity contribution in [3.63, 3.8) is 0 Å². The lowest BCUT2D eigenvalue weighted by molar-refractivity contribution is -0.114. The summed E-state index contributed by atoms with van der Waals surface area (Å²) in [5.41, 5.74) is 2.96. The maximum absolute atomic E-state index is 13.3. The number of carbonyl (C=O) groups is 1. The Kier molecular flexibility index (Phi) is 5.92. The van der Waals surface area contributed by atoms with Gasteiger partial charge in [-0.05, 0) is 55.8 Å². The molecule has 0 saturated carbocycles. The number of nitrogens with zero attached hydrogens (tertiary/aromatic N) is 2. The van der Waals surface area contributed by atoms with Crippen LogP contribution in [0.15, 0.2) is 53.4 Å². The number of benzene rings is 2. The third kappa shape index (κ3) is 4.49. The molecule has 0 aromatic heterocycles. The predicted octanol–water partition coefficient (Wildman–Crippen LogP) is 4.13. The summed E-state index contributed by atoms with van der Waals surface area (Å²) < 4.78 is 13.3. The molecular weight excluding hydrogens is 385 g/mol. The SMILES string of the molecule is CC1CN(c2ccccc2/C=C2/SCCN(c3ccc(F)cc3)C2=O)CC(C)N1. The molecule has 2 saturated heterocycles. The van der Waals surface area contributed by atoms with Crippen LogP contribution in [0.5, 0.6) is 0 Å². The average molecular weight is 412 g/mol. The maximum Gasteiger partial charge on any atom is 0.264 e. The van der Waals surface area contributed by atoms with Crippen LogP contribution in [-0.4, -0.2) is 43.4 Å². The lowest BCUT2D eigenvalue weighted by Gasteiger charge is -2.38. The molecule has 0 radical (unpaired) electrons. The second-order valence-corrected chi connectivity index (χ2v) is 8.86. The van der Waals surface area contributed by atoms with E-state index in [9.17, 15) is 9.18 Å². The van der Waals surface area contributed by atoms with Crippen molar-refractivity contribution in [1.82, 2.24) is 5.32 Å². The smallest absolute Gasteiger partial charge is 0.264 e. The van der Waals surface area contributed by atoms with Crippen molar-refractivity contribution in [2.45, 2.75) is 25.9 Å². The van der Waals surface area contributed by atoms with Crippen LogP contribution in [0.4, 0.5) is 15.8 Å². The van der Waals surface area contributed by atoms with Gasteiger partial charge in [-0.1, -0.05) is 18.2 Å². The molecule has 4 rings (SSSR count). The Balaban J connectivity index is 1.62. The van der Waals surface area contributed by atoms with Gasteiger partial charge in [0.1, 0.15) is 5.82 Å². The van der Waals surface area contributed by atoms with Gasteiger partial charge in [0, 0.05) is 48.8 Å². The fourth-order valence-electron chi connectivity index (χ4n) is 4.08. The second-order valence-electron chi connectivity index (χ2n) is 7.72. The highest BCUT2D eigenvalue weighted by Crippen LogP contribution is 2.32. The molecule has 2 unspecified atom stereocenters. The number of amides is 1. The van der Waals surface area contributed by atoms with Gasteiger partial charge >= 0.3 is 0 Å². The third-order valence-electron chi connectivity index (χ3n) is 5.29. The van der Waals surface area contributed by atoms with Crippen molar-refractivity contribution in [1.29, 1.82) is 0 Å². The molecule has 2 aromatic rings. The van der Waals surface area contributed by atoms with Gasteiger partial charge in [0.05, 0.1) is 4.91 Å². The van der Waals surface area contributed by atoms with Gasteiger partial charge in [-0.15, -0.1) is 11.8 Å². The molecule has 29 heavy (non-hydrogen) atoms. The Bertz CT molecular complexity index is 905. The van der Waals surface area contributed by atoms with Crippen LogP contribution >= 0.6 is 11.8 Å². The summed E-state index contributed by atoms with van der Waals surface area (Å²) in [6, 6.07) is 15.2. The van der Waals surface area contributed by atoms with E-state index >= 15 is 0 Å². The molecule has 6 heteroatoms. The first-order valence-electron chi connectivity index (χ1n) is 10.0. The summed E-state index contributed by atoms with van der Waals surface area (Å²) in [7, 11) is 0. The molecule has 152 valence electrons. The van der Waals surface area contributed by atoms with Crippen molar-refractivity contribution in [3.05, 3.63) is 64.8 Å². The van der Waals surface area contributed by atoms with Gasteiger partial charge in [-0.3, -0.25) is 4.79 Å². The van der Waals surface area contributed by atoms with Crippen LogP contribution in [-0.2, 0) is 4.79 Å². The Morgan fingerprint density at radius 3 is 2.48 bits per heavy atom. The number of hydrogen-bond donors (Lipinski definition) is 1. The topological polar surface area (TPSA) is 35.6 Å². The Hall–Kier alpha value is -2.31. The number of nitrogens with one attached hydrogen (secondary N) is 1. The number of hydrogen-bond acceptors (Lipinski definition) is 4. The summed E-state index contributed by atoms with van der Waals surface area (Å²) in [6.45, 7) is 6.90. The molecule has 2 atom stereocenters. The molecule has 0 bridgehead atoms. The average Bonchev–Trinajstić information content (AvgIpc) is 2.70. The Morgan fingerprint density at radius 1 is 1.07 bits per heavy atom. The number of thioether (sulfide) groups is 1. The molecule has 1 N–H and O–H groups in total. The number of anilines is 2. The van der Waals surface area contributed by atoms with Gasteiger partial charge < -0.3 is 15.1 Å². The summed E-state index contributed by atoms with van der Waals surface area (Å²) in [5, 5.41) is 3.57. The summed E-state index contributed by atoms with van der Waals surface area (Å²) in [4.78, 5) is 18.0. The zero-order valence-electron chi connectivity index (χ0n) is 16.8. The van der Waals surface area contributed by atoms with Crippen LogP contribution in [0, 0.1) is 5.82 Å². The fraction of sp³-hybridized carbons (Fsp3) is 0.348. The number of carbonyl (C=O) groups excluding carboxylic acids is 1. The second kappa shape index (κ2) is 8.59. The number of para-hydroxylation sites is 1. The van der Waals surface area contributed by atoms with Crippen molar-refractivity contribution in [2.75, 3.05) is 35.2 Å². The molecule has 2 fully saturated rings. The number of rotatable bonds is 3. The van der Waals surface area contributed by atoms with Crippen LogP contribution < -0.4 is 15.1 Å². The normalized spacial score (nSPS) is 24.2. The van der Waals surface area contributed by atoms with Crippen LogP contribution in [0.3, 0.4) is 0 Å². The molecule has 2 aliphatic rings. The highest BCUT2D eigenvalue weighted by molar-refractivity contribution is 8.04. The van der Waals surface area contributed by atoms with E-state index in [4.69, 9.17) is 0 Å². The zero-order valence-corrected chi connectivity index (χ0v) is 17.6. The predicted molar refractivity (Wildman–Crippen MR) is 120 cm³/mol. The maximum atomic E-state index is 13.3. The standard InChI is InChI=1S/C23H26FN3OS/c1-16-14-26(15-17(2)25-16)21-6-4-3-5-18(21)13-22-23(28)27(11-12-29-22)20-9-7-19(24)8-10-20/h3-10,13,16-17,25H,11-12,14-15H2,1-2H3/b22-13+. The largest absolute Gasteiger partial charge is 0.368 e. The van der Waals surface area contributed by atoms with Crippen LogP contribution in [0.25, 0.3) is 6.08 Å². The quantitative estimate of drug-likeness (QED) is 0.771. The third-order valence-corrected chi connectivity index (χ3v) is 6.28. The van der Waals surface area contributed by atoms with E-state index in [0.717, 1.165) is 40.7 Å². The van der Waals surface area contributed by atoms with E-state index in [1.807, 2.05) is 12.1 Å². The van der Waals surface area contributed by atoms with Gasteiger partial charge in [0.15, 0.2) is 0 Å². The molecule has 2 aliphatic heterocycles. The van der Waals surface area contributed by atoms with E-state index in [0.29, 0.717) is 18.6 Å². The monoisotopic (exact) mass is 411 g/mol. The number of halogens is 1. The molecule has 0 aliphatic carbocycles. The minimum atomic E-state index is -0.295. The van der Waals surface area contributed by atoms with Crippen LogP contribution in [0.2, 0.25) is 0 Å². The molecular formula is C23H26FN3OS. The zero-order chi connectivity index (χ0) is 20.4. The van der Waals surface area contributed by atoms with Crippen molar-refractivity contribution in [2.24, 2.45) is 0 Å². The minimum Gasteiger partial charge on any atom is -0.368 e. The van der Waals surface area contributed by atoms with Gasteiger partial charge in [0.2, 0.25) is 0 Å². The van der Waals surface area contributed by atoms with E-state index < -0.39 is 0 Å². The highest BCUT2D eigenvalue weighted by Gasteiger charge is 2.27. The lowest BCUT2D eigenvalue weighted by atomic mass is 10.1. The lowest BCUT2D eigenvalue weighted by Crippen LogP contribution is -2.54. The molecule has 0 spiro atoms. The first-order valence-corrected chi connectivity index (χ1v) is 11.0. The molecule has 2 heterocycles. The Morgan fingerprint density at radius 2 is 1.76 bits per heavy atom. The minimum absolute atomic E-state index is 0.0234. The van der Waals surface area contributed by atoms with E-state index in [2.05, 4.69) is 42.3 Å². The fourth-order valence-corrected chi connectivity index (χ4v) is 5.01. The first-order chi connectivity index (χ1) is 14.0. The van der Waals surface area contributed by atoms with Crippen LogP contribution in [0.1, 0.15) is 19.4 Å². The number of piperazine rings is 1. The summed E-state index contributed by atoms with van der Waals surface area (Å²) >= 11 is 1.59. The first kappa shape index (κ1) is 20.0. The Labute approximate surface area is 175 Å². The molecule has 4 nitrogen and oxygen atoms in total. The summed E-state index contributed by atoms with van der Waals surface area (Å²) in [5.74, 6) is 0.500. The van der Waals surface area contributed by atoms with E-state index in [1.165, 1.54) is 12.1 Å². The van der Waals surface area contributed by atoms with Crippen molar-refractivity contribution < 1.29 is 9.18 Å². The van der Waals surface area contributed by atoms with Gasteiger partial charge in [0.25, 0.3) is 5.91 Å². The molecule has 2 aromatic carbocycles. The highest BCUT2D eigenvalue weighted by atomic mass is 32.2. The van der Waals surface area contributed by atoms with E-state index in [-0.39, 0.29) is 11.7 Å². The van der Waals surface area contributed by atoms with E-state index in [1.54, 1.807) is 28.8 Å². The van der Waals surface area contributed by atoms with Gasteiger partial charge in [-0.2, -0.15) is 0 Å². The van der Waals surface area contributed by atoms with Crippen molar-refractivity contribution >= 4 is 35.1 Å². The summed E-state index contributed by atoms with van der Waals surface area (Å²) in [6.07, 6.45) is 2.01. The molecule has 1 amide bonds. The van der Waals surface area contributed by atoms with Crippen molar-refractivity contribution in [3.8, 4) is 0 Å².